The number of carbonyl (C=O) groups excluding carboxylic acids is 1. The van der Waals surface area contributed by atoms with Crippen LogP contribution in [0.1, 0.15) is 232 Å². The van der Waals surface area contributed by atoms with Crippen LogP contribution in [0.25, 0.3) is 0 Å². The predicted octanol–water partition coefficient (Wildman–Crippen LogP) is 17.7. The van der Waals surface area contributed by atoms with E-state index < -0.39 is 6.10 Å². The van der Waals surface area contributed by atoms with Crippen LogP contribution in [0.3, 0.4) is 0 Å². The number of carbonyl (C=O) groups is 1. The molecule has 0 aliphatic rings. The third-order valence-corrected chi connectivity index (χ3v) is 10.9. The number of hydrogen-bond donors (Lipinski definition) is 1. The molecule has 0 fully saturated rings. The molecule has 0 heterocycles. The summed E-state index contributed by atoms with van der Waals surface area (Å²) in [5, 5.41) is 9.66. The van der Waals surface area contributed by atoms with E-state index in [1.807, 2.05) is 0 Å². The molecule has 0 aromatic carbocycles. The van der Waals surface area contributed by atoms with Crippen molar-refractivity contribution in [3.05, 3.63) is 97.2 Å². The first kappa shape index (κ1) is 58.3. The van der Waals surface area contributed by atoms with Gasteiger partial charge in [-0.1, -0.05) is 227 Å². The van der Waals surface area contributed by atoms with Crippen LogP contribution in [0.2, 0.25) is 0 Å². The van der Waals surface area contributed by atoms with E-state index in [0.717, 1.165) is 77.0 Å². The quantitative estimate of drug-likeness (QED) is 0.0377. The van der Waals surface area contributed by atoms with Gasteiger partial charge in [-0.3, -0.25) is 4.79 Å². The first-order valence-electron chi connectivity index (χ1n) is 25.8. The van der Waals surface area contributed by atoms with Crippen molar-refractivity contribution in [2.24, 2.45) is 0 Å². The molecule has 1 atom stereocenters. The van der Waals surface area contributed by atoms with Gasteiger partial charge in [0.2, 0.25) is 0 Å². The molecule has 0 aliphatic carbocycles. The molecule has 0 aromatic heterocycles. The SMILES string of the molecule is CC/C=C\C/C=C\C/C=C\C/C=C\C/C=C\C/C=C\CCCCCCCOCC(CO)OC(=O)CCCCCCCCCCCCCCC/C=C\C/C=C\CCCCCCC. The number of hydrogen-bond acceptors (Lipinski definition) is 4. The Morgan fingerprint density at radius 2 is 0.738 bits per heavy atom. The molecule has 61 heavy (non-hydrogen) atoms. The topological polar surface area (TPSA) is 55.8 Å². The van der Waals surface area contributed by atoms with Gasteiger partial charge in [-0.2, -0.15) is 0 Å². The second-order valence-corrected chi connectivity index (χ2v) is 16.9. The number of aliphatic hydroxyl groups excluding tert-OH is 1. The van der Waals surface area contributed by atoms with E-state index in [1.54, 1.807) is 0 Å². The lowest BCUT2D eigenvalue weighted by atomic mass is 10.0. The summed E-state index contributed by atoms with van der Waals surface area (Å²) in [7, 11) is 0. The molecule has 0 amide bonds. The smallest absolute Gasteiger partial charge is 0.306 e. The standard InChI is InChI=1S/C57H98O4/c1-3-5-7-9-11-13-15-17-19-21-23-25-27-29-30-32-34-36-38-40-42-44-46-48-50-52-57(59)61-56(54-58)55-60-53-51-49-47-45-43-41-39-37-35-33-31-28-26-24-22-20-18-16-14-12-10-8-6-4-2/h6,8,12,14-15,17-18,20-21,23-24,26,31,33,37,39,56,58H,3-5,7,9-11,13,16,19,22,25,27-30,32,34-36,38,40-55H2,1-2H3/b8-6-,14-12-,17-15-,20-18-,23-21-,26-24-,33-31-,39-37-. The van der Waals surface area contributed by atoms with E-state index in [0.29, 0.717) is 13.0 Å². The van der Waals surface area contributed by atoms with Gasteiger partial charge in [-0.05, 0) is 96.3 Å². The summed E-state index contributed by atoms with van der Waals surface area (Å²) in [6, 6.07) is 0. The molecule has 0 spiro atoms. The molecule has 0 aliphatic heterocycles. The van der Waals surface area contributed by atoms with Crippen molar-refractivity contribution in [2.75, 3.05) is 19.8 Å². The minimum atomic E-state index is -0.553. The van der Waals surface area contributed by atoms with Crippen LogP contribution in [0.4, 0.5) is 0 Å². The summed E-state index contributed by atoms with van der Waals surface area (Å²) in [6.45, 7) is 5.18. The zero-order valence-corrected chi connectivity index (χ0v) is 40.1. The third-order valence-electron chi connectivity index (χ3n) is 10.9. The summed E-state index contributed by atoms with van der Waals surface area (Å²) in [6.07, 6.45) is 76.4. The Morgan fingerprint density at radius 3 is 1.11 bits per heavy atom. The monoisotopic (exact) mass is 847 g/mol. The van der Waals surface area contributed by atoms with Crippen LogP contribution < -0.4 is 0 Å². The number of aliphatic hydroxyl groups is 1. The highest BCUT2D eigenvalue weighted by Gasteiger charge is 2.13. The van der Waals surface area contributed by atoms with E-state index in [2.05, 4.69) is 111 Å². The first-order valence-corrected chi connectivity index (χ1v) is 25.8. The summed E-state index contributed by atoms with van der Waals surface area (Å²) < 4.78 is 11.2. The molecule has 0 rings (SSSR count). The molecule has 4 nitrogen and oxygen atoms in total. The number of ether oxygens (including phenoxy) is 2. The van der Waals surface area contributed by atoms with Gasteiger partial charge in [0.1, 0.15) is 6.10 Å². The van der Waals surface area contributed by atoms with Gasteiger partial charge in [0, 0.05) is 13.0 Å². The van der Waals surface area contributed by atoms with Gasteiger partial charge in [0.25, 0.3) is 0 Å². The fourth-order valence-electron chi connectivity index (χ4n) is 7.07. The maximum Gasteiger partial charge on any atom is 0.306 e. The highest BCUT2D eigenvalue weighted by molar-refractivity contribution is 5.69. The number of esters is 1. The van der Waals surface area contributed by atoms with E-state index in [9.17, 15) is 9.90 Å². The Kier molecular flexibility index (Phi) is 51.1. The Morgan fingerprint density at radius 1 is 0.410 bits per heavy atom. The summed E-state index contributed by atoms with van der Waals surface area (Å²) in [4.78, 5) is 12.3. The van der Waals surface area contributed by atoms with Gasteiger partial charge in [0.05, 0.1) is 13.2 Å². The van der Waals surface area contributed by atoms with Gasteiger partial charge in [-0.25, -0.2) is 0 Å². The molecule has 0 radical (unpaired) electrons. The summed E-state index contributed by atoms with van der Waals surface area (Å²) in [5.74, 6) is -0.211. The third kappa shape index (κ3) is 51.6. The van der Waals surface area contributed by atoms with Crippen LogP contribution in [-0.2, 0) is 14.3 Å². The molecule has 350 valence electrons. The van der Waals surface area contributed by atoms with Crippen molar-refractivity contribution >= 4 is 5.97 Å². The normalized spacial score (nSPS) is 13.2. The van der Waals surface area contributed by atoms with E-state index >= 15 is 0 Å². The number of rotatable bonds is 47. The van der Waals surface area contributed by atoms with Crippen LogP contribution in [0.5, 0.6) is 0 Å². The van der Waals surface area contributed by atoms with Crippen molar-refractivity contribution in [3.8, 4) is 0 Å². The Bertz CT molecular complexity index is 1120. The van der Waals surface area contributed by atoms with Crippen molar-refractivity contribution < 1.29 is 19.4 Å². The van der Waals surface area contributed by atoms with Crippen molar-refractivity contribution in [1.82, 2.24) is 0 Å². The fourth-order valence-corrected chi connectivity index (χ4v) is 7.07. The summed E-state index contributed by atoms with van der Waals surface area (Å²) in [5.41, 5.74) is 0. The molecule has 0 bridgehead atoms. The van der Waals surface area contributed by atoms with Crippen molar-refractivity contribution in [2.45, 2.75) is 238 Å². The zero-order chi connectivity index (χ0) is 44.0. The molecule has 1 unspecified atom stereocenters. The van der Waals surface area contributed by atoms with Crippen molar-refractivity contribution in [1.29, 1.82) is 0 Å². The second-order valence-electron chi connectivity index (χ2n) is 16.9. The van der Waals surface area contributed by atoms with Gasteiger partial charge in [-0.15, -0.1) is 0 Å². The largest absolute Gasteiger partial charge is 0.457 e. The highest BCUT2D eigenvalue weighted by Crippen LogP contribution is 2.14. The lowest BCUT2D eigenvalue weighted by molar-refractivity contribution is -0.154. The fraction of sp³-hybridized carbons (Fsp3) is 0.702. The molecular weight excluding hydrogens is 749 g/mol. The van der Waals surface area contributed by atoms with Crippen LogP contribution in [-0.4, -0.2) is 37.0 Å². The van der Waals surface area contributed by atoms with Gasteiger partial charge in [0.15, 0.2) is 0 Å². The molecule has 1 N–H and O–H groups in total. The zero-order valence-electron chi connectivity index (χ0n) is 40.1. The Balaban J connectivity index is 3.49. The molecule has 4 heteroatoms. The minimum absolute atomic E-state index is 0.185. The van der Waals surface area contributed by atoms with Gasteiger partial charge < -0.3 is 14.6 Å². The molecule has 0 saturated carbocycles. The van der Waals surface area contributed by atoms with E-state index in [4.69, 9.17) is 9.47 Å². The van der Waals surface area contributed by atoms with E-state index in [-0.39, 0.29) is 19.2 Å². The lowest BCUT2D eigenvalue weighted by Crippen LogP contribution is -2.27. The summed E-state index contributed by atoms with van der Waals surface area (Å²) >= 11 is 0. The molecular formula is C57H98O4. The Labute approximate surface area is 379 Å². The highest BCUT2D eigenvalue weighted by atomic mass is 16.6. The second kappa shape index (κ2) is 53.4. The van der Waals surface area contributed by atoms with E-state index in [1.165, 1.54) is 135 Å². The maximum absolute atomic E-state index is 12.3. The van der Waals surface area contributed by atoms with Crippen LogP contribution in [0.15, 0.2) is 97.2 Å². The van der Waals surface area contributed by atoms with Crippen LogP contribution >= 0.6 is 0 Å². The molecule has 0 aromatic rings. The lowest BCUT2D eigenvalue weighted by Gasteiger charge is -2.15. The first-order chi connectivity index (χ1) is 30.2. The predicted molar refractivity (Wildman–Crippen MR) is 269 cm³/mol. The number of unbranched alkanes of at least 4 members (excludes halogenated alkanes) is 23. The average Bonchev–Trinajstić information content (AvgIpc) is 3.27. The Hall–Kier alpha value is -2.69. The van der Waals surface area contributed by atoms with Crippen LogP contribution in [0, 0.1) is 0 Å². The van der Waals surface area contributed by atoms with Gasteiger partial charge >= 0.3 is 5.97 Å². The minimum Gasteiger partial charge on any atom is -0.457 e. The number of allylic oxidation sites excluding steroid dienone is 16. The maximum atomic E-state index is 12.3. The van der Waals surface area contributed by atoms with Crippen molar-refractivity contribution in [3.63, 3.8) is 0 Å². The average molecular weight is 847 g/mol. The molecule has 0 saturated heterocycles.